The highest BCUT2D eigenvalue weighted by molar-refractivity contribution is 5.88. The number of carbonyl (C=O) groups is 2. The molecule has 2 amide bonds. The van der Waals surface area contributed by atoms with E-state index in [1.165, 1.54) is 0 Å². The molecule has 1 aromatic rings. The van der Waals surface area contributed by atoms with Gasteiger partial charge in [-0.05, 0) is 50.8 Å². The van der Waals surface area contributed by atoms with Gasteiger partial charge in [0.15, 0.2) is 11.5 Å². The van der Waals surface area contributed by atoms with Gasteiger partial charge in [0.2, 0.25) is 11.8 Å². The van der Waals surface area contributed by atoms with E-state index in [-0.39, 0.29) is 17.9 Å². The summed E-state index contributed by atoms with van der Waals surface area (Å²) >= 11 is 0. The van der Waals surface area contributed by atoms with Crippen molar-refractivity contribution in [1.29, 1.82) is 0 Å². The van der Waals surface area contributed by atoms with Crippen molar-refractivity contribution in [3.05, 3.63) is 23.8 Å². The SMILES string of the molecule is CCCC(=O)N[C@@H]1CCCN(C(=O)C(C)(C)c2ccc3c(c2)OCCO3)C1. The van der Waals surface area contributed by atoms with Crippen LogP contribution in [0.4, 0.5) is 0 Å². The molecule has 6 nitrogen and oxygen atoms in total. The molecule has 2 aliphatic rings. The number of piperidine rings is 1. The van der Waals surface area contributed by atoms with E-state index in [1.807, 2.05) is 43.9 Å². The first-order valence-electron chi connectivity index (χ1n) is 9.90. The molecule has 1 fully saturated rings. The number of nitrogens with one attached hydrogen (secondary N) is 1. The van der Waals surface area contributed by atoms with Gasteiger partial charge >= 0.3 is 0 Å². The Bertz CT molecular complexity index is 701. The molecule has 0 aliphatic carbocycles. The maximum absolute atomic E-state index is 13.3. The summed E-state index contributed by atoms with van der Waals surface area (Å²) in [5, 5.41) is 3.07. The van der Waals surface area contributed by atoms with Gasteiger partial charge in [0, 0.05) is 25.6 Å². The summed E-state index contributed by atoms with van der Waals surface area (Å²) in [6.07, 6.45) is 3.19. The average molecular weight is 374 g/mol. The van der Waals surface area contributed by atoms with Gasteiger partial charge in [-0.2, -0.15) is 0 Å². The lowest BCUT2D eigenvalue weighted by Crippen LogP contribution is -2.53. The first kappa shape index (κ1) is 19.5. The number of fused-ring (bicyclic) bond motifs is 1. The molecule has 1 saturated heterocycles. The minimum absolute atomic E-state index is 0.0396. The van der Waals surface area contributed by atoms with E-state index in [9.17, 15) is 9.59 Å². The number of carbonyl (C=O) groups excluding carboxylic acids is 2. The zero-order valence-corrected chi connectivity index (χ0v) is 16.5. The van der Waals surface area contributed by atoms with E-state index in [2.05, 4.69) is 5.32 Å². The predicted molar refractivity (Wildman–Crippen MR) is 103 cm³/mol. The predicted octanol–water partition coefficient (Wildman–Crippen LogP) is 2.64. The largest absolute Gasteiger partial charge is 0.486 e. The summed E-state index contributed by atoms with van der Waals surface area (Å²) in [5.41, 5.74) is 0.236. The van der Waals surface area contributed by atoms with Crippen LogP contribution in [0.2, 0.25) is 0 Å². The monoisotopic (exact) mass is 374 g/mol. The quantitative estimate of drug-likeness (QED) is 0.860. The maximum Gasteiger partial charge on any atom is 0.232 e. The number of likely N-dealkylation sites (tertiary alicyclic amines) is 1. The van der Waals surface area contributed by atoms with Crippen LogP contribution in [0.3, 0.4) is 0 Å². The molecule has 0 radical (unpaired) electrons. The van der Waals surface area contributed by atoms with Crippen LogP contribution in [0.25, 0.3) is 0 Å². The van der Waals surface area contributed by atoms with Crippen molar-refractivity contribution in [3.63, 3.8) is 0 Å². The smallest absolute Gasteiger partial charge is 0.232 e. The van der Waals surface area contributed by atoms with Crippen molar-refractivity contribution in [2.75, 3.05) is 26.3 Å². The molecule has 2 aliphatic heterocycles. The van der Waals surface area contributed by atoms with Gasteiger partial charge in [-0.15, -0.1) is 0 Å². The standard InChI is InChI=1S/C21H30N2O4/c1-4-6-19(24)22-16-7-5-10-23(14-16)20(25)21(2,3)15-8-9-17-18(13-15)27-12-11-26-17/h8-9,13,16H,4-7,10-12,14H2,1-3H3,(H,22,24)/t16-/m1/s1. The molecule has 2 heterocycles. The third kappa shape index (κ3) is 4.37. The van der Waals surface area contributed by atoms with Crippen LogP contribution in [-0.4, -0.2) is 49.1 Å². The molecule has 6 heteroatoms. The Hall–Kier alpha value is -2.24. The Balaban J connectivity index is 1.70. The molecule has 0 saturated carbocycles. The van der Waals surface area contributed by atoms with E-state index in [1.54, 1.807) is 0 Å². The van der Waals surface area contributed by atoms with Crippen LogP contribution >= 0.6 is 0 Å². The molecule has 0 spiro atoms. The lowest BCUT2D eigenvalue weighted by Gasteiger charge is -2.38. The van der Waals surface area contributed by atoms with Gasteiger partial charge in [-0.25, -0.2) is 0 Å². The molecule has 148 valence electrons. The van der Waals surface area contributed by atoms with Crippen LogP contribution in [0.1, 0.15) is 52.0 Å². The number of rotatable bonds is 5. The molecule has 27 heavy (non-hydrogen) atoms. The Morgan fingerprint density at radius 1 is 1.22 bits per heavy atom. The fourth-order valence-corrected chi connectivity index (χ4v) is 3.76. The van der Waals surface area contributed by atoms with Crippen molar-refractivity contribution in [3.8, 4) is 11.5 Å². The van der Waals surface area contributed by atoms with E-state index in [0.29, 0.717) is 31.9 Å². The zero-order chi connectivity index (χ0) is 19.4. The lowest BCUT2D eigenvalue weighted by atomic mass is 9.82. The Kier molecular flexibility index (Phi) is 5.92. The third-order valence-electron chi connectivity index (χ3n) is 5.35. The van der Waals surface area contributed by atoms with Crippen LogP contribution in [-0.2, 0) is 15.0 Å². The molecule has 0 aromatic heterocycles. The second kappa shape index (κ2) is 8.19. The maximum atomic E-state index is 13.3. The topological polar surface area (TPSA) is 67.9 Å². The average Bonchev–Trinajstić information content (AvgIpc) is 2.67. The van der Waals surface area contributed by atoms with E-state index in [0.717, 1.165) is 37.1 Å². The Morgan fingerprint density at radius 3 is 2.70 bits per heavy atom. The summed E-state index contributed by atoms with van der Waals surface area (Å²) < 4.78 is 11.2. The highest BCUT2D eigenvalue weighted by Gasteiger charge is 2.36. The van der Waals surface area contributed by atoms with Crippen molar-refractivity contribution in [1.82, 2.24) is 10.2 Å². The van der Waals surface area contributed by atoms with Crippen LogP contribution in [0.15, 0.2) is 18.2 Å². The summed E-state index contributed by atoms with van der Waals surface area (Å²) in [6, 6.07) is 5.77. The number of nitrogens with zero attached hydrogens (tertiary/aromatic N) is 1. The van der Waals surface area contributed by atoms with Gasteiger partial charge in [-0.1, -0.05) is 13.0 Å². The number of hydrogen-bond acceptors (Lipinski definition) is 4. The van der Waals surface area contributed by atoms with Gasteiger partial charge in [0.1, 0.15) is 13.2 Å². The fourth-order valence-electron chi connectivity index (χ4n) is 3.76. The van der Waals surface area contributed by atoms with Gasteiger partial charge in [-0.3, -0.25) is 9.59 Å². The Morgan fingerprint density at radius 2 is 1.96 bits per heavy atom. The molecule has 1 N–H and O–H groups in total. The fraction of sp³-hybridized carbons (Fsp3) is 0.619. The summed E-state index contributed by atoms with van der Waals surface area (Å²) in [5.74, 6) is 1.57. The first-order valence-corrected chi connectivity index (χ1v) is 9.90. The second-order valence-corrected chi connectivity index (χ2v) is 7.89. The van der Waals surface area contributed by atoms with E-state index >= 15 is 0 Å². The third-order valence-corrected chi connectivity index (χ3v) is 5.35. The molecule has 3 rings (SSSR count). The van der Waals surface area contributed by atoms with Crippen LogP contribution in [0, 0.1) is 0 Å². The number of hydrogen-bond donors (Lipinski definition) is 1. The minimum Gasteiger partial charge on any atom is -0.486 e. The number of ether oxygens (including phenoxy) is 2. The lowest BCUT2D eigenvalue weighted by molar-refractivity contribution is -0.138. The summed E-state index contributed by atoms with van der Waals surface area (Å²) in [4.78, 5) is 27.1. The molecule has 1 atom stereocenters. The van der Waals surface area contributed by atoms with Crippen LogP contribution in [0.5, 0.6) is 11.5 Å². The molecule has 1 aromatic carbocycles. The van der Waals surface area contributed by atoms with Gasteiger partial charge in [0.25, 0.3) is 0 Å². The van der Waals surface area contributed by atoms with Crippen LogP contribution < -0.4 is 14.8 Å². The highest BCUT2D eigenvalue weighted by atomic mass is 16.6. The Labute approximate surface area is 161 Å². The van der Waals surface area contributed by atoms with Crippen molar-refractivity contribution >= 4 is 11.8 Å². The second-order valence-electron chi connectivity index (χ2n) is 7.89. The van der Waals surface area contributed by atoms with E-state index < -0.39 is 5.41 Å². The number of amides is 2. The summed E-state index contributed by atoms with van der Waals surface area (Å²) in [7, 11) is 0. The zero-order valence-electron chi connectivity index (χ0n) is 16.5. The van der Waals surface area contributed by atoms with Crippen molar-refractivity contribution in [2.24, 2.45) is 0 Å². The number of benzene rings is 1. The first-order chi connectivity index (χ1) is 12.9. The van der Waals surface area contributed by atoms with Crippen molar-refractivity contribution < 1.29 is 19.1 Å². The summed E-state index contributed by atoms with van der Waals surface area (Å²) in [6.45, 7) is 8.26. The molecule has 0 unspecified atom stereocenters. The van der Waals surface area contributed by atoms with E-state index in [4.69, 9.17) is 9.47 Å². The van der Waals surface area contributed by atoms with Crippen molar-refractivity contribution in [2.45, 2.75) is 57.9 Å². The minimum atomic E-state index is -0.675. The molecular weight excluding hydrogens is 344 g/mol. The highest BCUT2D eigenvalue weighted by Crippen LogP contribution is 2.36. The van der Waals surface area contributed by atoms with Gasteiger partial charge in [0.05, 0.1) is 5.41 Å². The molecule has 0 bridgehead atoms. The molecular formula is C21H30N2O4. The van der Waals surface area contributed by atoms with Gasteiger partial charge < -0.3 is 19.7 Å². The normalized spacial score (nSPS) is 19.5.